The van der Waals surface area contributed by atoms with Crippen molar-refractivity contribution in [2.75, 3.05) is 23.0 Å². The first-order valence-corrected chi connectivity index (χ1v) is 27.6. The van der Waals surface area contributed by atoms with Gasteiger partial charge in [0.2, 0.25) is 0 Å². The van der Waals surface area contributed by atoms with Crippen LogP contribution in [0.3, 0.4) is 0 Å². The van der Waals surface area contributed by atoms with Gasteiger partial charge in [0.15, 0.2) is 0 Å². The monoisotopic (exact) mass is 1020 g/mol. The second-order valence-electron chi connectivity index (χ2n) is 19.2. The van der Waals surface area contributed by atoms with Crippen LogP contribution in [0.1, 0.15) is 44.5 Å². The van der Waals surface area contributed by atoms with Crippen LogP contribution >= 0.6 is 11.8 Å². The van der Waals surface area contributed by atoms with Crippen LogP contribution in [0.4, 0.5) is 34.1 Å². The Hall–Kier alpha value is -8.45. The van der Waals surface area contributed by atoms with E-state index in [1.807, 2.05) is 23.9 Å². The summed E-state index contributed by atoms with van der Waals surface area (Å²) in [4.78, 5) is 4.69. The molecular weight excluding hydrogens is 957 g/mol. The van der Waals surface area contributed by atoms with E-state index in [0.717, 1.165) is 69.6 Å². The van der Waals surface area contributed by atoms with Crippen LogP contribution in [-0.4, -0.2) is 13.2 Å². The van der Waals surface area contributed by atoms with Gasteiger partial charge in [0.25, 0.3) is 0 Å². The topological polar surface area (TPSA) is 24.9 Å². The normalized spacial score (nSPS) is 11.0. The molecule has 0 aliphatic carbocycles. The van der Waals surface area contributed by atoms with Crippen LogP contribution in [-0.2, 0) is 47.0 Å². The molecule has 0 amide bonds. The maximum atomic E-state index is 6.06. The van der Waals surface area contributed by atoms with Gasteiger partial charge in [-0.2, -0.15) is 11.8 Å². The molecule has 0 saturated carbocycles. The van der Waals surface area contributed by atoms with Crippen molar-refractivity contribution in [2.24, 2.45) is 0 Å². The van der Waals surface area contributed by atoms with E-state index in [1.165, 1.54) is 55.6 Å². The van der Waals surface area contributed by atoms with Gasteiger partial charge in [-0.15, -0.1) is 0 Å². The Morgan fingerprint density at radius 1 is 0.299 bits per heavy atom. The fourth-order valence-corrected chi connectivity index (χ4v) is 10.4. The van der Waals surface area contributed by atoms with E-state index in [2.05, 4.69) is 278 Å². The lowest BCUT2D eigenvalue weighted by Crippen LogP contribution is -2.10. The van der Waals surface area contributed by atoms with Gasteiger partial charge in [0, 0.05) is 45.6 Å². The third-order valence-corrected chi connectivity index (χ3v) is 14.9. The van der Waals surface area contributed by atoms with Crippen LogP contribution in [0.5, 0.6) is 0 Å². The first-order valence-electron chi connectivity index (χ1n) is 26.5. The number of anilines is 6. The zero-order chi connectivity index (χ0) is 52.4. The van der Waals surface area contributed by atoms with Crippen molar-refractivity contribution in [1.82, 2.24) is 0 Å². The summed E-state index contributed by atoms with van der Waals surface area (Å²) in [6, 6.07) is 91.5. The van der Waals surface area contributed by atoms with Crippen molar-refractivity contribution in [3.05, 3.63) is 312 Å². The van der Waals surface area contributed by atoms with Gasteiger partial charge in [-0.25, -0.2) is 0 Å². The van der Waals surface area contributed by atoms with Gasteiger partial charge in [0.1, 0.15) is 0 Å². The van der Waals surface area contributed by atoms with E-state index < -0.39 is 0 Å². The lowest BCUT2D eigenvalue weighted by molar-refractivity contribution is 0.124. The van der Waals surface area contributed by atoms with Crippen molar-refractivity contribution < 1.29 is 9.47 Å². The average Bonchev–Trinajstić information content (AvgIpc) is 3.50. The van der Waals surface area contributed by atoms with E-state index >= 15 is 0 Å². The SMILES string of the molecule is C=Cc1ccc(COCCc2ccc(N(c3ccc(CSCc4ccc(N(c5ccc(CCOCc6ccc(C=C)cc6)cc5)c5ccc(-c6ccccc6)cc5)cc4)cc3)c3ccc(-c4ccccc4)cc3)cc2)cc1. The smallest absolute Gasteiger partial charge is 0.0717 e. The molecule has 0 aromatic heterocycles. The second kappa shape index (κ2) is 26.4. The zero-order valence-corrected chi connectivity index (χ0v) is 44.4. The first-order chi connectivity index (χ1) is 38.0. The van der Waals surface area contributed by atoms with Crippen molar-refractivity contribution in [2.45, 2.75) is 37.6 Å². The molecular formula is C72H64N2O2S. The number of benzene rings is 10. The lowest BCUT2D eigenvalue weighted by atomic mass is 10.0. The van der Waals surface area contributed by atoms with Gasteiger partial charge in [0.05, 0.1) is 26.4 Å². The Morgan fingerprint density at radius 3 is 0.883 bits per heavy atom. The second-order valence-corrected chi connectivity index (χ2v) is 20.1. The minimum Gasteiger partial charge on any atom is -0.376 e. The molecule has 10 aromatic rings. The average molecular weight is 1020 g/mol. The molecule has 10 rings (SSSR count). The summed E-state index contributed by atoms with van der Waals surface area (Å²) in [6.07, 6.45) is 5.41. The van der Waals surface area contributed by atoms with Crippen LogP contribution in [0.25, 0.3) is 34.4 Å². The summed E-state index contributed by atoms with van der Waals surface area (Å²) in [5.41, 5.74) is 21.1. The molecule has 77 heavy (non-hydrogen) atoms. The number of hydrogen-bond acceptors (Lipinski definition) is 5. The third kappa shape index (κ3) is 14.1. The van der Waals surface area contributed by atoms with Gasteiger partial charge in [-0.1, -0.05) is 207 Å². The molecule has 0 saturated heterocycles. The fraction of sp³-hybridized carbons (Fsp3) is 0.111. The number of nitrogens with zero attached hydrogens (tertiary/aromatic N) is 2. The Kier molecular flexibility index (Phi) is 17.8. The lowest BCUT2D eigenvalue weighted by Gasteiger charge is -2.26. The first kappa shape index (κ1) is 52.0. The Bertz CT molecular complexity index is 3170. The molecule has 0 heterocycles. The molecule has 0 bridgehead atoms. The molecule has 0 fully saturated rings. The summed E-state index contributed by atoms with van der Waals surface area (Å²) in [5.74, 6) is 1.82. The summed E-state index contributed by atoms with van der Waals surface area (Å²) in [5, 5.41) is 0. The molecule has 0 atom stereocenters. The molecule has 10 aromatic carbocycles. The molecule has 380 valence electrons. The minimum absolute atomic E-state index is 0.595. The fourth-order valence-electron chi connectivity index (χ4n) is 9.41. The standard InChI is InChI=1S/C72H64N2O2S/c1-3-55-15-19-59(20-16-55)51-75-49-47-57-23-35-67(36-24-57)73(71-43-31-65(32-44-71)63-11-7-5-8-12-63)69-39-27-61(28-40-69)53-77-54-62-29-41-70(42-30-62)74(72-45-33-66(34-46-72)64-13-9-6-10-14-64)68-37-25-58(26-38-68)48-50-76-52-60-21-17-56(4-2)18-22-60/h3-46H,1-2,47-54H2. The molecule has 5 heteroatoms. The van der Waals surface area contributed by atoms with Crippen LogP contribution < -0.4 is 9.80 Å². The largest absolute Gasteiger partial charge is 0.376 e. The van der Waals surface area contributed by atoms with Crippen LogP contribution in [0.15, 0.2) is 268 Å². The van der Waals surface area contributed by atoms with E-state index in [0.29, 0.717) is 26.4 Å². The van der Waals surface area contributed by atoms with Gasteiger partial charge in [-0.3, -0.25) is 0 Å². The van der Waals surface area contributed by atoms with Crippen molar-refractivity contribution in [1.29, 1.82) is 0 Å². The molecule has 0 N–H and O–H groups in total. The summed E-state index contributed by atoms with van der Waals surface area (Å²) in [6.45, 7) is 10.2. The molecule has 0 aliphatic rings. The quantitative estimate of drug-likeness (QED) is 0.0562. The Morgan fingerprint density at radius 2 is 0.571 bits per heavy atom. The maximum absolute atomic E-state index is 6.06. The molecule has 4 nitrogen and oxygen atoms in total. The number of thioether (sulfide) groups is 1. The van der Waals surface area contributed by atoms with Gasteiger partial charge < -0.3 is 19.3 Å². The Labute approximate surface area is 460 Å². The number of rotatable bonds is 24. The van der Waals surface area contributed by atoms with E-state index in [-0.39, 0.29) is 0 Å². The highest BCUT2D eigenvalue weighted by molar-refractivity contribution is 7.97. The predicted octanol–water partition coefficient (Wildman–Crippen LogP) is 19.2. The molecule has 0 radical (unpaired) electrons. The molecule has 0 unspecified atom stereocenters. The summed E-state index contributed by atoms with van der Waals surface area (Å²) >= 11 is 1.94. The minimum atomic E-state index is 0.595. The summed E-state index contributed by atoms with van der Waals surface area (Å²) < 4.78 is 12.1. The van der Waals surface area contributed by atoms with E-state index in [9.17, 15) is 0 Å². The highest BCUT2D eigenvalue weighted by atomic mass is 32.2. The maximum Gasteiger partial charge on any atom is 0.0717 e. The van der Waals surface area contributed by atoms with Crippen molar-refractivity contribution in [3.8, 4) is 22.3 Å². The van der Waals surface area contributed by atoms with E-state index in [4.69, 9.17) is 9.47 Å². The predicted molar refractivity (Wildman–Crippen MR) is 328 cm³/mol. The highest BCUT2D eigenvalue weighted by Gasteiger charge is 2.16. The zero-order valence-electron chi connectivity index (χ0n) is 43.6. The molecule has 0 aliphatic heterocycles. The number of ether oxygens (including phenoxy) is 2. The van der Waals surface area contributed by atoms with Crippen LogP contribution in [0.2, 0.25) is 0 Å². The molecule has 0 spiro atoms. The van der Waals surface area contributed by atoms with Gasteiger partial charge in [-0.05, 0) is 152 Å². The number of hydrogen-bond donors (Lipinski definition) is 0. The van der Waals surface area contributed by atoms with Gasteiger partial charge >= 0.3 is 0 Å². The van der Waals surface area contributed by atoms with Crippen molar-refractivity contribution >= 4 is 58.0 Å². The van der Waals surface area contributed by atoms with Crippen LogP contribution in [0, 0.1) is 0 Å². The van der Waals surface area contributed by atoms with E-state index in [1.54, 1.807) is 0 Å². The third-order valence-electron chi connectivity index (χ3n) is 13.8. The van der Waals surface area contributed by atoms with Crippen molar-refractivity contribution in [3.63, 3.8) is 0 Å². The highest BCUT2D eigenvalue weighted by Crippen LogP contribution is 2.38. The summed E-state index contributed by atoms with van der Waals surface area (Å²) in [7, 11) is 0. The Balaban J connectivity index is 0.791.